The molecule has 154 valence electrons. The van der Waals surface area contributed by atoms with Crippen LogP contribution in [0.15, 0.2) is 36.4 Å². The number of methoxy groups -OCH3 is 3. The summed E-state index contributed by atoms with van der Waals surface area (Å²) in [6.07, 6.45) is 0. The van der Waals surface area contributed by atoms with Crippen molar-refractivity contribution in [2.75, 3.05) is 21.3 Å². The molecule has 0 aliphatic carbocycles. The summed E-state index contributed by atoms with van der Waals surface area (Å²) in [7, 11) is 3.70. The van der Waals surface area contributed by atoms with E-state index in [-0.39, 0.29) is 28.3 Å². The van der Waals surface area contributed by atoms with Crippen LogP contribution in [0.1, 0.15) is 20.7 Å². The fourth-order valence-electron chi connectivity index (χ4n) is 2.20. The fourth-order valence-corrected chi connectivity index (χ4v) is 2.20. The number of carbonyl (C=O) groups is 2. The molecule has 0 radical (unpaired) electrons. The number of carboxylic acid groups (broad SMARTS) is 1. The number of esters is 1. The molecule has 0 saturated carbocycles. The molecule has 0 amide bonds. The SMILES string of the molecule is COC(=O)c1cccc(OC)c1[N+](=O)[O-].COc1cccc(C(=O)O)c1[N+](=O)[O-]. The zero-order valence-corrected chi connectivity index (χ0v) is 15.5. The average molecular weight is 408 g/mol. The predicted molar refractivity (Wildman–Crippen MR) is 97.6 cm³/mol. The van der Waals surface area contributed by atoms with E-state index in [1.165, 1.54) is 44.6 Å². The van der Waals surface area contributed by atoms with Crippen molar-refractivity contribution in [1.29, 1.82) is 0 Å². The van der Waals surface area contributed by atoms with Crippen molar-refractivity contribution >= 4 is 23.3 Å². The van der Waals surface area contributed by atoms with Crippen molar-refractivity contribution in [3.8, 4) is 11.5 Å². The van der Waals surface area contributed by atoms with Crippen LogP contribution in [0.5, 0.6) is 11.5 Å². The summed E-state index contributed by atoms with van der Waals surface area (Å²) in [6.45, 7) is 0. The number of hydrogen-bond donors (Lipinski definition) is 1. The highest BCUT2D eigenvalue weighted by atomic mass is 16.6. The number of nitrogens with zero attached hydrogens (tertiary/aromatic N) is 2. The number of para-hydroxylation sites is 2. The number of nitro groups is 2. The van der Waals surface area contributed by atoms with Gasteiger partial charge in [-0.05, 0) is 24.3 Å². The van der Waals surface area contributed by atoms with Crippen LogP contribution in [0.3, 0.4) is 0 Å². The van der Waals surface area contributed by atoms with Crippen LogP contribution in [0.4, 0.5) is 11.4 Å². The number of aromatic carboxylic acids is 1. The maximum absolute atomic E-state index is 11.2. The molecule has 0 aliphatic rings. The molecule has 0 saturated heterocycles. The third-order valence-electron chi connectivity index (χ3n) is 3.44. The van der Waals surface area contributed by atoms with E-state index in [9.17, 15) is 29.8 Å². The van der Waals surface area contributed by atoms with Crippen LogP contribution in [0.2, 0.25) is 0 Å². The Morgan fingerprint density at radius 1 is 0.828 bits per heavy atom. The topological polar surface area (TPSA) is 168 Å². The molecule has 0 unspecified atom stereocenters. The molecule has 12 nitrogen and oxygen atoms in total. The Labute approximate surface area is 163 Å². The van der Waals surface area contributed by atoms with E-state index in [2.05, 4.69) is 4.74 Å². The first-order valence-corrected chi connectivity index (χ1v) is 7.63. The van der Waals surface area contributed by atoms with Gasteiger partial charge in [0.2, 0.25) is 0 Å². The van der Waals surface area contributed by atoms with Gasteiger partial charge in [-0.15, -0.1) is 0 Å². The summed E-state index contributed by atoms with van der Waals surface area (Å²) in [6, 6.07) is 8.08. The van der Waals surface area contributed by atoms with Crippen LogP contribution >= 0.6 is 0 Å². The molecule has 2 aromatic rings. The Morgan fingerprint density at radius 3 is 1.59 bits per heavy atom. The minimum Gasteiger partial charge on any atom is -0.490 e. The first-order valence-electron chi connectivity index (χ1n) is 7.63. The second kappa shape index (κ2) is 10.2. The number of hydrogen-bond acceptors (Lipinski definition) is 9. The summed E-state index contributed by atoms with van der Waals surface area (Å²) in [5.41, 5.74) is -1.41. The second-order valence-corrected chi connectivity index (χ2v) is 5.02. The molecule has 2 rings (SSSR count). The first kappa shape index (κ1) is 22.8. The van der Waals surface area contributed by atoms with Gasteiger partial charge < -0.3 is 19.3 Å². The Kier molecular flexibility index (Phi) is 8.03. The summed E-state index contributed by atoms with van der Waals surface area (Å²) in [5, 5.41) is 30.0. The molecule has 0 atom stereocenters. The molecule has 0 aliphatic heterocycles. The minimum atomic E-state index is -1.35. The highest BCUT2D eigenvalue weighted by Crippen LogP contribution is 2.31. The first-order chi connectivity index (χ1) is 13.7. The van der Waals surface area contributed by atoms with Gasteiger partial charge in [-0.3, -0.25) is 20.2 Å². The third-order valence-corrected chi connectivity index (χ3v) is 3.44. The van der Waals surface area contributed by atoms with Gasteiger partial charge in [0, 0.05) is 0 Å². The van der Waals surface area contributed by atoms with E-state index in [0.717, 1.165) is 13.2 Å². The highest BCUT2D eigenvalue weighted by molar-refractivity contribution is 5.95. The Balaban J connectivity index is 0.000000291. The van der Waals surface area contributed by atoms with Crippen LogP contribution < -0.4 is 9.47 Å². The van der Waals surface area contributed by atoms with Gasteiger partial charge in [-0.2, -0.15) is 0 Å². The number of benzene rings is 2. The highest BCUT2D eigenvalue weighted by Gasteiger charge is 2.26. The maximum atomic E-state index is 11.2. The van der Waals surface area contributed by atoms with Crippen molar-refractivity contribution in [2.45, 2.75) is 0 Å². The summed E-state index contributed by atoms with van der Waals surface area (Å²) in [5.74, 6) is -2.14. The lowest BCUT2D eigenvalue weighted by Crippen LogP contribution is -2.06. The molecule has 0 bridgehead atoms. The molecule has 0 heterocycles. The summed E-state index contributed by atoms with van der Waals surface area (Å²) >= 11 is 0. The van der Waals surface area contributed by atoms with Crippen LogP contribution in [0, 0.1) is 20.2 Å². The maximum Gasteiger partial charge on any atom is 0.345 e. The molecule has 1 N–H and O–H groups in total. The lowest BCUT2D eigenvalue weighted by atomic mass is 10.1. The van der Waals surface area contributed by atoms with E-state index >= 15 is 0 Å². The van der Waals surface area contributed by atoms with Crippen molar-refractivity contribution < 1.29 is 38.8 Å². The molecule has 12 heteroatoms. The lowest BCUT2D eigenvalue weighted by Gasteiger charge is -2.04. The average Bonchev–Trinajstić information content (AvgIpc) is 2.71. The number of carboxylic acids is 1. The Bertz CT molecular complexity index is 942. The monoisotopic (exact) mass is 408 g/mol. The standard InChI is InChI=1S/C9H9NO5.C8H7NO5/c1-14-7-5-3-4-6(9(11)15-2)8(7)10(12)13;1-14-6-4-2-3-5(8(10)11)7(6)9(12)13/h3-5H,1-2H3;2-4H,1H3,(H,10,11). The Morgan fingerprint density at radius 2 is 1.24 bits per heavy atom. The van der Waals surface area contributed by atoms with Gasteiger partial charge in [0.15, 0.2) is 11.5 Å². The van der Waals surface area contributed by atoms with Gasteiger partial charge in [0.05, 0.1) is 31.2 Å². The van der Waals surface area contributed by atoms with Gasteiger partial charge in [-0.25, -0.2) is 9.59 Å². The summed E-state index contributed by atoms with van der Waals surface area (Å²) < 4.78 is 13.9. The van der Waals surface area contributed by atoms with Crippen LogP contribution in [-0.2, 0) is 4.74 Å². The molecule has 29 heavy (non-hydrogen) atoms. The smallest absolute Gasteiger partial charge is 0.345 e. The van der Waals surface area contributed by atoms with Gasteiger partial charge >= 0.3 is 23.3 Å². The van der Waals surface area contributed by atoms with Crippen molar-refractivity contribution in [3.05, 3.63) is 67.8 Å². The van der Waals surface area contributed by atoms with Crippen LogP contribution in [-0.4, -0.2) is 48.2 Å². The van der Waals surface area contributed by atoms with Crippen LogP contribution in [0.25, 0.3) is 0 Å². The Hall–Kier alpha value is -4.22. The zero-order valence-electron chi connectivity index (χ0n) is 15.5. The molecule has 0 spiro atoms. The quantitative estimate of drug-likeness (QED) is 0.426. The largest absolute Gasteiger partial charge is 0.490 e. The number of rotatable bonds is 6. The second-order valence-electron chi connectivity index (χ2n) is 5.02. The molecule has 0 aromatic heterocycles. The molecular formula is C17H16N2O10. The van der Waals surface area contributed by atoms with E-state index in [4.69, 9.17) is 14.6 Å². The van der Waals surface area contributed by atoms with E-state index in [1.807, 2.05) is 0 Å². The normalized spacial score (nSPS) is 9.48. The van der Waals surface area contributed by atoms with Crippen molar-refractivity contribution in [2.24, 2.45) is 0 Å². The van der Waals surface area contributed by atoms with E-state index in [1.54, 1.807) is 0 Å². The molecule has 2 aromatic carbocycles. The third kappa shape index (κ3) is 5.38. The van der Waals surface area contributed by atoms with Crippen molar-refractivity contribution in [1.82, 2.24) is 0 Å². The van der Waals surface area contributed by atoms with Gasteiger partial charge in [-0.1, -0.05) is 12.1 Å². The number of ether oxygens (including phenoxy) is 3. The van der Waals surface area contributed by atoms with Gasteiger partial charge in [0.1, 0.15) is 11.1 Å². The number of carbonyl (C=O) groups excluding carboxylic acids is 1. The van der Waals surface area contributed by atoms with E-state index in [0.29, 0.717) is 0 Å². The molecular weight excluding hydrogens is 392 g/mol. The predicted octanol–water partition coefficient (Wildman–Crippen LogP) is 2.69. The lowest BCUT2D eigenvalue weighted by molar-refractivity contribution is -0.386. The van der Waals surface area contributed by atoms with E-state index < -0.39 is 27.5 Å². The zero-order chi connectivity index (χ0) is 22.1. The summed E-state index contributed by atoms with van der Waals surface area (Å²) in [4.78, 5) is 41.7. The minimum absolute atomic E-state index is 0.0305. The molecule has 0 fully saturated rings. The number of nitro benzene ring substituents is 2. The van der Waals surface area contributed by atoms with Gasteiger partial charge in [0.25, 0.3) is 0 Å². The fraction of sp³-hybridized carbons (Fsp3) is 0.176. The van der Waals surface area contributed by atoms with Crippen molar-refractivity contribution in [3.63, 3.8) is 0 Å².